The number of rotatable bonds is 7. The fourth-order valence-corrected chi connectivity index (χ4v) is 4.30. The summed E-state index contributed by atoms with van der Waals surface area (Å²) < 4.78 is 24.3. The van der Waals surface area contributed by atoms with Crippen molar-refractivity contribution in [3.05, 3.63) is 65.9 Å². The van der Waals surface area contributed by atoms with Gasteiger partial charge in [-0.25, -0.2) is 34.0 Å². The Balaban J connectivity index is 1.52. The van der Waals surface area contributed by atoms with Crippen molar-refractivity contribution in [1.29, 1.82) is 0 Å². The Hall–Kier alpha value is -4.21. The summed E-state index contributed by atoms with van der Waals surface area (Å²) in [4.78, 5) is 22.5. The van der Waals surface area contributed by atoms with Crippen LogP contribution in [0.1, 0.15) is 43.6 Å². The zero-order valence-corrected chi connectivity index (χ0v) is 20.9. The molecule has 4 heterocycles. The molecule has 36 heavy (non-hydrogen) atoms. The molecule has 184 valence electrons. The molecule has 5 rings (SSSR count). The molecule has 4 aromatic heterocycles. The lowest BCUT2D eigenvalue weighted by atomic mass is 10.0. The maximum absolute atomic E-state index is 15.2. The molecule has 0 saturated heterocycles. The number of fused-ring (bicyclic) bond motifs is 1. The first-order valence-electron chi connectivity index (χ1n) is 11.8. The molecular weight excluding hydrogens is 459 g/mol. The fourth-order valence-electron chi connectivity index (χ4n) is 4.30. The molecule has 0 amide bonds. The van der Waals surface area contributed by atoms with Crippen LogP contribution >= 0.6 is 0 Å². The number of halogens is 1. The van der Waals surface area contributed by atoms with Gasteiger partial charge in [-0.3, -0.25) is 0 Å². The third kappa shape index (κ3) is 4.19. The molecule has 0 spiro atoms. The number of aromatic nitrogens is 8. The van der Waals surface area contributed by atoms with Crippen molar-refractivity contribution in [2.24, 2.45) is 0 Å². The van der Waals surface area contributed by atoms with E-state index in [1.54, 1.807) is 30.3 Å². The van der Waals surface area contributed by atoms with Crippen LogP contribution in [0.4, 0.5) is 4.39 Å². The van der Waals surface area contributed by atoms with Crippen LogP contribution in [0, 0.1) is 12.7 Å². The Labute approximate surface area is 208 Å². The minimum Gasteiger partial charge on any atom is -0.480 e. The topological polar surface area (TPSA) is 96.4 Å². The fraction of sp³-hybridized carbons (Fsp3) is 0.308. The van der Waals surface area contributed by atoms with Gasteiger partial charge in [0.05, 0.1) is 42.2 Å². The molecule has 0 unspecified atom stereocenters. The van der Waals surface area contributed by atoms with E-state index in [2.05, 4.69) is 25.0 Å². The van der Waals surface area contributed by atoms with E-state index in [4.69, 9.17) is 9.72 Å². The molecule has 0 aliphatic carbocycles. The number of hydrogen-bond acceptors (Lipinski definition) is 7. The lowest BCUT2D eigenvalue weighted by Crippen LogP contribution is -2.07. The Morgan fingerprint density at radius 2 is 1.92 bits per heavy atom. The summed E-state index contributed by atoms with van der Waals surface area (Å²) in [5, 5.41) is 5.26. The predicted octanol–water partition coefficient (Wildman–Crippen LogP) is 4.79. The van der Waals surface area contributed by atoms with Gasteiger partial charge < -0.3 is 9.30 Å². The standard InChI is InChI=1S/C26H27FN8O/c1-6-34-12-16(4)32-25(34)19-8-7-17(9-20(19)27)13-35-24-18(11-31-35)10-28-23(33-24)21-22(15(2)3)29-14-30-26(21)36-5/h7-12,14-15H,6,13H2,1-5H3. The van der Waals surface area contributed by atoms with E-state index in [9.17, 15) is 0 Å². The van der Waals surface area contributed by atoms with Crippen molar-refractivity contribution < 1.29 is 9.13 Å². The molecule has 5 aromatic rings. The van der Waals surface area contributed by atoms with E-state index in [1.165, 1.54) is 12.4 Å². The summed E-state index contributed by atoms with van der Waals surface area (Å²) in [5.74, 6) is 1.29. The molecule has 0 bridgehead atoms. The zero-order valence-electron chi connectivity index (χ0n) is 20.9. The first-order valence-corrected chi connectivity index (χ1v) is 11.8. The number of nitrogens with zero attached hydrogens (tertiary/aromatic N) is 8. The van der Waals surface area contributed by atoms with E-state index in [0.717, 1.165) is 22.3 Å². The van der Waals surface area contributed by atoms with Crippen LogP contribution in [-0.2, 0) is 13.1 Å². The Bertz CT molecular complexity index is 1560. The summed E-state index contributed by atoms with van der Waals surface area (Å²) in [5.41, 5.74) is 4.17. The molecule has 0 aliphatic heterocycles. The first kappa shape index (κ1) is 23.5. The summed E-state index contributed by atoms with van der Waals surface area (Å²) in [6.07, 6.45) is 6.82. The monoisotopic (exact) mass is 486 g/mol. The van der Waals surface area contributed by atoms with Crippen LogP contribution in [0.25, 0.3) is 33.8 Å². The number of ether oxygens (including phenoxy) is 1. The van der Waals surface area contributed by atoms with Gasteiger partial charge >= 0.3 is 0 Å². The van der Waals surface area contributed by atoms with Crippen LogP contribution in [-0.4, -0.2) is 46.4 Å². The van der Waals surface area contributed by atoms with E-state index in [-0.39, 0.29) is 11.7 Å². The molecule has 0 N–H and O–H groups in total. The van der Waals surface area contributed by atoms with Crippen molar-refractivity contribution in [3.63, 3.8) is 0 Å². The van der Waals surface area contributed by atoms with Gasteiger partial charge in [0.15, 0.2) is 11.5 Å². The number of methoxy groups -OCH3 is 1. The van der Waals surface area contributed by atoms with Crippen molar-refractivity contribution in [2.45, 2.75) is 46.7 Å². The van der Waals surface area contributed by atoms with Gasteiger partial charge in [0.1, 0.15) is 23.5 Å². The average molecular weight is 487 g/mol. The van der Waals surface area contributed by atoms with Gasteiger partial charge in [-0.15, -0.1) is 0 Å². The summed E-state index contributed by atoms with van der Waals surface area (Å²) >= 11 is 0. The van der Waals surface area contributed by atoms with Gasteiger partial charge in [0.2, 0.25) is 5.88 Å². The largest absolute Gasteiger partial charge is 0.480 e. The molecule has 0 radical (unpaired) electrons. The molecule has 10 heteroatoms. The van der Waals surface area contributed by atoms with Gasteiger partial charge in [0, 0.05) is 18.9 Å². The highest BCUT2D eigenvalue weighted by atomic mass is 19.1. The molecule has 0 fully saturated rings. The first-order chi connectivity index (χ1) is 17.4. The smallest absolute Gasteiger partial charge is 0.227 e. The molecule has 0 saturated carbocycles. The van der Waals surface area contributed by atoms with Crippen molar-refractivity contribution in [2.75, 3.05) is 7.11 Å². The second-order valence-corrected chi connectivity index (χ2v) is 8.88. The Kier molecular flexibility index (Phi) is 6.17. The SMILES string of the molecule is CCn1cc(C)nc1-c1ccc(Cn2ncc3cnc(-c4c(OC)ncnc4C(C)C)nc32)cc1F. The highest BCUT2D eigenvalue weighted by molar-refractivity contribution is 5.77. The predicted molar refractivity (Wildman–Crippen MR) is 134 cm³/mol. The highest BCUT2D eigenvalue weighted by Gasteiger charge is 2.21. The molecule has 9 nitrogen and oxygen atoms in total. The minimum atomic E-state index is -0.327. The number of benzene rings is 1. The average Bonchev–Trinajstić information content (AvgIpc) is 3.45. The normalized spacial score (nSPS) is 11.5. The van der Waals surface area contributed by atoms with Gasteiger partial charge in [-0.05, 0) is 37.5 Å². The van der Waals surface area contributed by atoms with Crippen LogP contribution < -0.4 is 4.74 Å². The van der Waals surface area contributed by atoms with Crippen molar-refractivity contribution in [3.8, 4) is 28.7 Å². The quantitative estimate of drug-likeness (QED) is 0.326. The molecule has 0 aliphatic rings. The third-order valence-electron chi connectivity index (χ3n) is 6.03. The zero-order chi connectivity index (χ0) is 25.4. The van der Waals surface area contributed by atoms with E-state index < -0.39 is 0 Å². The number of imidazole rings is 1. The molecule has 1 aromatic carbocycles. The van der Waals surface area contributed by atoms with Gasteiger partial charge in [-0.1, -0.05) is 19.9 Å². The van der Waals surface area contributed by atoms with Crippen LogP contribution in [0.3, 0.4) is 0 Å². The summed E-state index contributed by atoms with van der Waals surface area (Å²) in [6, 6.07) is 5.19. The maximum atomic E-state index is 15.2. The third-order valence-corrected chi connectivity index (χ3v) is 6.03. The Morgan fingerprint density at radius 3 is 2.64 bits per heavy atom. The summed E-state index contributed by atoms with van der Waals surface area (Å²) in [6.45, 7) is 9.06. The van der Waals surface area contributed by atoms with Crippen LogP contribution in [0.15, 0.2) is 43.1 Å². The maximum Gasteiger partial charge on any atom is 0.227 e. The van der Waals surface area contributed by atoms with Crippen LogP contribution in [0.2, 0.25) is 0 Å². The van der Waals surface area contributed by atoms with Crippen molar-refractivity contribution >= 4 is 11.0 Å². The lowest BCUT2D eigenvalue weighted by molar-refractivity contribution is 0.397. The highest BCUT2D eigenvalue weighted by Crippen LogP contribution is 2.32. The molecular formula is C26H27FN8O. The lowest BCUT2D eigenvalue weighted by Gasteiger charge is -2.13. The van der Waals surface area contributed by atoms with Crippen LogP contribution in [0.5, 0.6) is 5.88 Å². The van der Waals surface area contributed by atoms with Crippen molar-refractivity contribution in [1.82, 2.24) is 39.3 Å². The van der Waals surface area contributed by atoms with Gasteiger partial charge in [0.25, 0.3) is 0 Å². The molecule has 0 atom stereocenters. The Morgan fingerprint density at radius 1 is 1.08 bits per heavy atom. The van der Waals surface area contributed by atoms with Gasteiger partial charge in [-0.2, -0.15) is 5.10 Å². The van der Waals surface area contributed by atoms with E-state index in [1.807, 2.05) is 44.5 Å². The number of hydrogen-bond donors (Lipinski definition) is 0. The summed E-state index contributed by atoms with van der Waals surface area (Å²) in [7, 11) is 1.56. The number of aryl methyl sites for hydroxylation is 2. The second kappa shape index (κ2) is 9.44. The second-order valence-electron chi connectivity index (χ2n) is 8.88. The van der Waals surface area contributed by atoms with E-state index >= 15 is 4.39 Å². The minimum absolute atomic E-state index is 0.120. The van der Waals surface area contributed by atoms with E-state index in [0.29, 0.717) is 47.4 Å².